The molecule has 0 aliphatic carbocycles. The van der Waals surface area contributed by atoms with Crippen LogP contribution >= 0.6 is 129 Å². The number of hydrogen-bond acceptors (Lipinski definition) is 14. The highest BCUT2D eigenvalue weighted by Gasteiger charge is 2.40. The van der Waals surface area contributed by atoms with Gasteiger partial charge >= 0.3 is 0 Å². The smallest absolute Gasteiger partial charge is 0.257 e. The Morgan fingerprint density at radius 3 is 0.969 bits per heavy atom. The molecule has 4 N–H and O–H groups in total. The van der Waals surface area contributed by atoms with Gasteiger partial charge in [-0.05, 0) is 45.0 Å². The molecular weight excluding hydrogens is 692 g/mol. The van der Waals surface area contributed by atoms with Crippen molar-refractivity contribution in [2.75, 3.05) is 49.2 Å². The van der Waals surface area contributed by atoms with Gasteiger partial charge in [0.05, 0.1) is 0 Å². The number of nitrogens with zero attached hydrogens (tertiary/aromatic N) is 6. The molecule has 0 unspecified atom stereocenters. The Bertz CT molecular complexity index is 989. The molecule has 0 saturated carbocycles. The van der Waals surface area contributed by atoms with Gasteiger partial charge in [0.2, 0.25) is 26.2 Å². The van der Waals surface area contributed by atoms with E-state index in [-0.39, 0.29) is 0 Å². The topological polar surface area (TPSA) is 122 Å². The van der Waals surface area contributed by atoms with Crippen LogP contribution in [0.15, 0.2) is 27.1 Å². The molecule has 0 aromatic heterocycles. The Balaban J connectivity index is 0.000000135. The summed E-state index contributed by atoms with van der Waals surface area (Å²) in [5.41, 5.74) is 0. The number of hydrogen-bond donors (Lipinski definition) is 4. The highest BCUT2D eigenvalue weighted by Crippen LogP contribution is 2.88. The van der Waals surface area contributed by atoms with Crippen molar-refractivity contribution in [1.82, 2.24) is 20.3 Å². The first kappa shape index (κ1) is 27.4. The minimum absolute atomic E-state index is 0.934. The lowest BCUT2D eigenvalue weighted by Crippen LogP contribution is -2.05. The molecule has 0 aromatic carbocycles. The van der Waals surface area contributed by atoms with Crippen LogP contribution in [-0.4, -0.2) is 49.2 Å². The molecule has 184 valence electrons. The minimum atomic E-state index is -2.53. The van der Waals surface area contributed by atoms with Crippen LogP contribution in [0.3, 0.4) is 0 Å². The highest BCUT2D eigenvalue weighted by atomic mass is 35.9. The predicted octanol–water partition coefficient (Wildman–Crippen LogP) is 9.98. The van der Waals surface area contributed by atoms with Crippen LogP contribution in [0.5, 0.6) is 0 Å². The first-order chi connectivity index (χ1) is 15.1. The van der Waals surface area contributed by atoms with Gasteiger partial charge in [0.15, 0.2) is 0 Å². The fourth-order valence-corrected chi connectivity index (χ4v) is 49.7. The molecule has 6 heterocycles. The summed E-state index contributed by atoms with van der Waals surface area (Å²) in [7, 11) is 0. The third kappa shape index (κ3) is 6.32. The second-order valence-corrected chi connectivity index (χ2v) is 36.9. The van der Waals surface area contributed by atoms with Gasteiger partial charge < -0.3 is 0 Å². The molecule has 6 rings (SSSR count). The van der Waals surface area contributed by atoms with E-state index < -0.39 is 38.1 Å². The standard InChI is InChI=1S/2C4H10Cl2N5P3S2/c2*5-12(6)9-13(7-1-3-15-13)11-14(10-12)8-2-4-16-14/h2*7-8H,1-4H2/t2*13-,14-/m11/s1. The Morgan fingerprint density at radius 2 is 0.719 bits per heavy atom. The lowest BCUT2D eigenvalue weighted by atomic mass is 10.8. The molecule has 0 aromatic rings. The summed E-state index contributed by atoms with van der Waals surface area (Å²) in [6.07, 6.45) is 0. The monoisotopic (exact) mass is 710 g/mol. The zero-order valence-electron chi connectivity index (χ0n) is 16.2. The van der Waals surface area contributed by atoms with Gasteiger partial charge in [-0.25, -0.2) is 0 Å². The van der Waals surface area contributed by atoms with E-state index in [1.807, 2.05) is 0 Å². The summed E-state index contributed by atoms with van der Waals surface area (Å²) in [6.45, 7) is -3.87. The van der Waals surface area contributed by atoms with Crippen molar-refractivity contribution >= 4 is 129 Å². The summed E-state index contributed by atoms with van der Waals surface area (Å²) >= 11 is 32.0. The molecular formula is C8H20Cl4N10P6S4. The average molecular weight is 712 g/mol. The molecule has 32 heavy (non-hydrogen) atoms. The van der Waals surface area contributed by atoms with Crippen molar-refractivity contribution in [2.24, 2.45) is 27.1 Å². The summed E-state index contributed by atoms with van der Waals surface area (Å²) in [5.74, 6) is -0.958. The third-order valence-corrected chi connectivity index (χ3v) is 39.1. The van der Waals surface area contributed by atoms with Gasteiger partial charge in [-0.1, -0.05) is 45.5 Å². The van der Waals surface area contributed by atoms with Gasteiger partial charge in [0.1, 0.15) is 0 Å². The molecule has 0 radical (unpaired) electrons. The van der Waals surface area contributed by atoms with Crippen molar-refractivity contribution in [3.8, 4) is 0 Å². The molecule has 6 aliphatic rings. The van der Waals surface area contributed by atoms with Crippen LogP contribution in [0.4, 0.5) is 0 Å². The van der Waals surface area contributed by atoms with Crippen LogP contribution in [0.25, 0.3) is 0 Å². The van der Waals surface area contributed by atoms with Crippen LogP contribution in [-0.2, 0) is 0 Å². The molecule has 10 nitrogen and oxygen atoms in total. The molecule has 4 spiro atoms. The largest absolute Gasteiger partial charge is 0.257 e. The lowest BCUT2D eigenvalue weighted by Gasteiger charge is -2.25. The van der Waals surface area contributed by atoms with Gasteiger partial charge in [0, 0.05) is 49.2 Å². The van der Waals surface area contributed by atoms with E-state index >= 15 is 0 Å². The molecule has 4 atom stereocenters. The molecule has 24 heteroatoms. The summed E-state index contributed by atoms with van der Waals surface area (Å²) in [6, 6.07) is 0. The molecule has 4 saturated heterocycles. The second-order valence-electron chi connectivity index (χ2n) is 6.59. The molecule has 0 amide bonds. The molecule has 4 fully saturated rings. The molecule has 0 bridgehead atoms. The van der Waals surface area contributed by atoms with Crippen molar-refractivity contribution in [2.45, 2.75) is 0 Å². The average Bonchev–Trinajstić information content (AvgIpc) is 3.45. The first-order valence-electron chi connectivity index (χ1n) is 9.27. The van der Waals surface area contributed by atoms with E-state index in [9.17, 15) is 0 Å². The Morgan fingerprint density at radius 1 is 0.438 bits per heavy atom. The van der Waals surface area contributed by atoms with E-state index in [2.05, 4.69) is 38.4 Å². The zero-order valence-corrected chi connectivity index (χ0v) is 27.8. The fraction of sp³-hybridized carbons (Fsp3) is 1.00. The Kier molecular flexibility index (Phi) is 8.89. The van der Waals surface area contributed by atoms with Crippen molar-refractivity contribution < 1.29 is 0 Å². The summed E-state index contributed by atoms with van der Waals surface area (Å²) in [5, 5.41) is 13.6. The van der Waals surface area contributed by atoms with Gasteiger partial charge in [-0.15, -0.1) is 0 Å². The maximum Gasteiger partial charge on any atom is 0.257 e. The predicted molar refractivity (Wildman–Crippen MR) is 161 cm³/mol. The van der Waals surface area contributed by atoms with E-state index in [1.54, 1.807) is 45.5 Å². The first-order valence-corrected chi connectivity index (χ1v) is 29.4. The number of nitrogens with one attached hydrogen (secondary N) is 4. The normalized spacial score (nSPS) is 45.4. The van der Waals surface area contributed by atoms with Gasteiger partial charge in [-0.2, -0.15) is 27.1 Å². The van der Waals surface area contributed by atoms with E-state index in [0.29, 0.717) is 0 Å². The maximum atomic E-state index is 6.24. The number of rotatable bonds is 0. The lowest BCUT2D eigenvalue weighted by molar-refractivity contribution is 1.04. The fourth-order valence-electron chi connectivity index (χ4n) is 3.12. The third-order valence-electron chi connectivity index (χ3n) is 4.16. The van der Waals surface area contributed by atoms with Crippen LogP contribution in [0.1, 0.15) is 0 Å². The van der Waals surface area contributed by atoms with E-state index in [0.717, 1.165) is 49.2 Å². The molecule has 6 aliphatic heterocycles. The second kappa shape index (κ2) is 10.4. The van der Waals surface area contributed by atoms with Gasteiger partial charge in [0.25, 0.3) is 11.8 Å². The SMILES string of the molecule is ClP1(Cl)=N[P@@]2(=N[P@]3(=N1)NCCS3)NCCS2.ClP1(Cl)=N[P@@]2(=N[P@]3(=N1)NCCS3)NCCS2. The van der Waals surface area contributed by atoms with Crippen molar-refractivity contribution in [3.05, 3.63) is 0 Å². The Hall–Kier alpha value is 3.78. The minimum Gasteiger partial charge on any atom is -0.257 e. The maximum absolute atomic E-state index is 6.24. The van der Waals surface area contributed by atoms with Gasteiger partial charge in [-0.3, -0.25) is 20.3 Å². The highest BCUT2D eigenvalue weighted by molar-refractivity contribution is 8.65. The van der Waals surface area contributed by atoms with Crippen molar-refractivity contribution in [3.63, 3.8) is 0 Å². The van der Waals surface area contributed by atoms with Crippen molar-refractivity contribution in [1.29, 1.82) is 0 Å². The van der Waals surface area contributed by atoms with Crippen LogP contribution < -0.4 is 20.3 Å². The number of halogens is 4. The van der Waals surface area contributed by atoms with Crippen LogP contribution in [0.2, 0.25) is 0 Å². The van der Waals surface area contributed by atoms with E-state index in [4.69, 9.17) is 54.0 Å². The summed E-state index contributed by atoms with van der Waals surface area (Å²) < 4.78 is 27.8. The summed E-state index contributed by atoms with van der Waals surface area (Å²) in [4.78, 5) is 0. The quantitative estimate of drug-likeness (QED) is 0.183. The van der Waals surface area contributed by atoms with Crippen LogP contribution in [0, 0.1) is 0 Å². The Labute approximate surface area is 223 Å². The van der Waals surface area contributed by atoms with E-state index in [1.165, 1.54) is 0 Å². The zero-order chi connectivity index (χ0) is 22.6.